The molecular formula is C13H11ClFNOS. The molecule has 5 heteroatoms. The minimum absolute atomic E-state index is 0.0576. The number of halogens is 2. The summed E-state index contributed by atoms with van der Waals surface area (Å²) in [7, 11) is -1.30. The topological polar surface area (TPSA) is 43.1 Å². The molecule has 2 nitrogen and oxygen atoms in total. The fraction of sp³-hybridized carbons (Fsp3) is 0.0769. The maximum absolute atomic E-state index is 13.3. The van der Waals surface area contributed by atoms with Crippen molar-refractivity contribution < 1.29 is 8.60 Å². The van der Waals surface area contributed by atoms with Gasteiger partial charge < -0.3 is 5.73 Å². The predicted molar refractivity (Wildman–Crippen MR) is 72.4 cm³/mol. The summed E-state index contributed by atoms with van der Waals surface area (Å²) in [6.45, 7) is 0. The van der Waals surface area contributed by atoms with Crippen LogP contribution in [-0.4, -0.2) is 4.21 Å². The van der Waals surface area contributed by atoms with Gasteiger partial charge in [-0.05, 0) is 35.9 Å². The van der Waals surface area contributed by atoms with Gasteiger partial charge in [0, 0.05) is 9.92 Å². The van der Waals surface area contributed by atoms with Crippen molar-refractivity contribution in [3.05, 3.63) is 58.9 Å². The molecule has 0 saturated carbocycles. The summed E-state index contributed by atoms with van der Waals surface area (Å²) >= 11 is 5.76. The highest BCUT2D eigenvalue weighted by atomic mass is 35.5. The second kappa shape index (κ2) is 5.50. The Morgan fingerprint density at radius 1 is 1.17 bits per heavy atom. The Morgan fingerprint density at radius 3 is 2.44 bits per heavy atom. The highest BCUT2D eigenvalue weighted by Gasteiger charge is 2.08. The Bertz CT molecular complexity index is 586. The van der Waals surface area contributed by atoms with Crippen LogP contribution in [0.15, 0.2) is 47.4 Å². The Labute approximate surface area is 112 Å². The van der Waals surface area contributed by atoms with E-state index in [1.54, 1.807) is 30.3 Å². The third-order valence-electron chi connectivity index (χ3n) is 2.45. The first-order valence-electron chi connectivity index (χ1n) is 5.24. The lowest BCUT2D eigenvalue weighted by Crippen LogP contribution is -1.98. The first-order valence-corrected chi connectivity index (χ1v) is 6.94. The van der Waals surface area contributed by atoms with E-state index in [-0.39, 0.29) is 5.69 Å². The van der Waals surface area contributed by atoms with Crippen LogP contribution >= 0.6 is 11.6 Å². The molecule has 2 rings (SSSR count). The quantitative estimate of drug-likeness (QED) is 0.878. The Hall–Kier alpha value is -1.39. The van der Waals surface area contributed by atoms with Crippen molar-refractivity contribution in [1.82, 2.24) is 0 Å². The van der Waals surface area contributed by atoms with Crippen LogP contribution in [0.2, 0.25) is 5.02 Å². The molecule has 0 radical (unpaired) electrons. The van der Waals surface area contributed by atoms with Gasteiger partial charge in [-0.1, -0.05) is 23.7 Å². The number of nitrogens with two attached hydrogens (primary N) is 1. The summed E-state index contributed by atoms with van der Waals surface area (Å²) < 4.78 is 25.3. The first kappa shape index (κ1) is 13.1. The van der Waals surface area contributed by atoms with Gasteiger partial charge >= 0.3 is 0 Å². The Balaban J connectivity index is 2.16. The van der Waals surface area contributed by atoms with Crippen molar-refractivity contribution in [3.8, 4) is 0 Å². The van der Waals surface area contributed by atoms with Gasteiger partial charge in [0.1, 0.15) is 5.82 Å². The molecular weight excluding hydrogens is 273 g/mol. The lowest BCUT2D eigenvalue weighted by molar-refractivity contribution is 0.627. The van der Waals surface area contributed by atoms with Gasteiger partial charge in [0.2, 0.25) is 0 Å². The molecule has 0 spiro atoms. The SMILES string of the molecule is Nc1ccc(S(=O)Cc2ccc(Cl)cc2)cc1F. The predicted octanol–water partition coefficient (Wildman–Crippen LogP) is 3.37. The van der Waals surface area contributed by atoms with E-state index in [0.29, 0.717) is 15.7 Å². The third kappa shape index (κ3) is 3.09. The number of nitrogen functional groups attached to an aromatic ring is 1. The standard InChI is InChI=1S/C13H11ClFNOS/c14-10-3-1-9(2-4-10)8-18(17)11-5-6-13(16)12(15)7-11/h1-7H,8,16H2. The van der Waals surface area contributed by atoms with Gasteiger partial charge in [0.25, 0.3) is 0 Å². The molecule has 0 saturated heterocycles. The minimum Gasteiger partial charge on any atom is -0.396 e. The number of hydrogen-bond acceptors (Lipinski definition) is 2. The lowest BCUT2D eigenvalue weighted by Gasteiger charge is -2.04. The minimum atomic E-state index is -1.30. The van der Waals surface area contributed by atoms with Crippen LogP contribution in [-0.2, 0) is 16.6 Å². The summed E-state index contributed by atoms with van der Waals surface area (Å²) in [6.07, 6.45) is 0. The first-order chi connectivity index (χ1) is 8.56. The van der Waals surface area contributed by atoms with Crippen molar-refractivity contribution in [1.29, 1.82) is 0 Å². The third-order valence-corrected chi connectivity index (χ3v) is 4.07. The van der Waals surface area contributed by atoms with Gasteiger partial charge in [-0.15, -0.1) is 0 Å². The fourth-order valence-corrected chi connectivity index (χ4v) is 2.71. The second-order valence-electron chi connectivity index (χ2n) is 3.80. The molecule has 0 amide bonds. The zero-order chi connectivity index (χ0) is 13.1. The van der Waals surface area contributed by atoms with E-state index in [9.17, 15) is 8.60 Å². The molecule has 2 aromatic carbocycles. The van der Waals surface area contributed by atoms with Crippen LogP contribution in [0.3, 0.4) is 0 Å². The lowest BCUT2D eigenvalue weighted by atomic mass is 10.2. The fourth-order valence-electron chi connectivity index (χ4n) is 1.46. The molecule has 0 heterocycles. The average Bonchev–Trinajstić information content (AvgIpc) is 2.35. The average molecular weight is 284 g/mol. The monoisotopic (exact) mass is 283 g/mol. The molecule has 2 aromatic rings. The van der Waals surface area contributed by atoms with E-state index in [4.69, 9.17) is 17.3 Å². The van der Waals surface area contributed by atoms with Crippen molar-refractivity contribution in [2.75, 3.05) is 5.73 Å². The molecule has 0 bridgehead atoms. The summed E-state index contributed by atoms with van der Waals surface area (Å²) in [6, 6.07) is 11.3. The van der Waals surface area contributed by atoms with E-state index >= 15 is 0 Å². The number of anilines is 1. The molecule has 0 aromatic heterocycles. The van der Waals surface area contributed by atoms with Crippen LogP contribution in [0, 0.1) is 5.82 Å². The molecule has 1 unspecified atom stereocenters. The number of rotatable bonds is 3. The van der Waals surface area contributed by atoms with Gasteiger partial charge in [0.15, 0.2) is 0 Å². The Morgan fingerprint density at radius 2 is 1.83 bits per heavy atom. The number of hydrogen-bond donors (Lipinski definition) is 1. The van der Waals surface area contributed by atoms with Crippen LogP contribution in [0.25, 0.3) is 0 Å². The van der Waals surface area contributed by atoms with Crippen LogP contribution in [0.4, 0.5) is 10.1 Å². The largest absolute Gasteiger partial charge is 0.396 e. The molecule has 0 aliphatic heterocycles. The summed E-state index contributed by atoms with van der Waals surface area (Å²) in [5, 5.41) is 0.628. The highest BCUT2D eigenvalue weighted by Crippen LogP contribution is 2.18. The molecule has 0 fully saturated rings. The van der Waals surface area contributed by atoms with Gasteiger partial charge in [-0.25, -0.2) is 4.39 Å². The second-order valence-corrected chi connectivity index (χ2v) is 5.69. The molecule has 94 valence electrons. The molecule has 1 atom stereocenters. The van der Waals surface area contributed by atoms with Gasteiger partial charge in [0.05, 0.1) is 22.2 Å². The normalized spacial score (nSPS) is 12.3. The summed E-state index contributed by atoms with van der Waals surface area (Å²) in [4.78, 5) is 0.427. The maximum atomic E-state index is 13.3. The summed E-state index contributed by atoms with van der Waals surface area (Å²) in [5.41, 5.74) is 6.31. The van der Waals surface area contributed by atoms with Crippen molar-refractivity contribution in [2.24, 2.45) is 0 Å². The molecule has 0 aliphatic rings. The van der Waals surface area contributed by atoms with E-state index in [0.717, 1.165) is 5.56 Å². The van der Waals surface area contributed by atoms with E-state index < -0.39 is 16.6 Å². The maximum Gasteiger partial charge on any atom is 0.147 e. The van der Waals surface area contributed by atoms with Crippen molar-refractivity contribution in [2.45, 2.75) is 10.6 Å². The van der Waals surface area contributed by atoms with Gasteiger partial charge in [-0.2, -0.15) is 0 Å². The van der Waals surface area contributed by atoms with Crippen LogP contribution < -0.4 is 5.73 Å². The number of benzene rings is 2. The Kier molecular flexibility index (Phi) is 3.99. The van der Waals surface area contributed by atoms with E-state index in [1.807, 2.05) is 0 Å². The smallest absolute Gasteiger partial charge is 0.147 e. The molecule has 18 heavy (non-hydrogen) atoms. The molecule has 2 N–H and O–H groups in total. The molecule has 0 aliphatic carbocycles. The summed E-state index contributed by atoms with van der Waals surface area (Å²) in [5.74, 6) is -0.225. The van der Waals surface area contributed by atoms with Crippen LogP contribution in [0.1, 0.15) is 5.56 Å². The van der Waals surface area contributed by atoms with Gasteiger partial charge in [-0.3, -0.25) is 4.21 Å². The van der Waals surface area contributed by atoms with E-state index in [1.165, 1.54) is 12.1 Å². The highest BCUT2D eigenvalue weighted by molar-refractivity contribution is 7.84. The van der Waals surface area contributed by atoms with E-state index in [2.05, 4.69) is 0 Å². The van der Waals surface area contributed by atoms with Crippen LogP contribution in [0.5, 0.6) is 0 Å². The zero-order valence-corrected chi connectivity index (χ0v) is 11.0. The van der Waals surface area contributed by atoms with Crippen molar-refractivity contribution in [3.63, 3.8) is 0 Å². The van der Waals surface area contributed by atoms with Crippen molar-refractivity contribution >= 4 is 28.1 Å². The zero-order valence-electron chi connectivity index (χ0n) is 9.40.